The van der Waals surface area contributed by atoms with Gasteiger partial charge in [0.05, 0.1) is 6.10 Å². The Morgan fingerprint density at radius 1 is 1.50 bits per heavy atom. The van der Waals surface area contributed by atoms with Crippen molar-refractivity contribution in [1.82, 2.24) is 0 Å². The fraction of sp³-hybridized carbons (Fsp3) is 1.00. The first-order valence-corrected chi connectivity index (χ1v) is 3.98. The van der Waals surface area contributed by atoms with E-state index in [-0.39, 0.29) is 17.6 Å². The summed E-state index contributed by atoms with van der Waals surface area (Å²) < 4.78 is 0. The summed E-state index contributed by atoms with van der Waals surface area (Å²) in [5, 5.41) is 9.39. The topological polar surface area (TPSA) is 46.2 Å². The summed E-state index contributed by atoms with van der Waals surface area (Å²) in [5.41, 5.74) is 5.94. The first-order valence-electron chi connectivity index (χ1n) is 3.98. The molecule has 0 saturated heterocycles. The average molecular weight is 143 g/mol. The molecule has 10 heavy (non-hydrogen) atoms. The van der Waals surface area contributed by atoms with Gasteiger partial charge >= 0.3 is 0 Å². The lowest BCUT2D eigenvalue weighted by atomic mass is 9.72. The molecule has 0 spiro atoms. The Bertz CT molecular complexity index is 122. The van der Waals surface area contributed by atoms with E-state index in [9.17, 15) is 5.11 Å². The molecule has 0 aromatic rings. The van der Waals surface area contributed by atoms with E-state index in [0.717, 1.165) is 19.3 Å². The predicted octanol–water partition coefficient (Wildman–Crippen LogP) is 0.885. The van der Waals surface area contributed by atoms with Crippen LogP contribution in [0.1, 0.15) is 33.1 Å². The van der Waals surface area contributed by atoms with E-state index in [1.165, 1.54) is 0 Å². The first-order chi connectivity index (χ1) is 4.54. The number of rotatable bonds is 0. The zero-order valence-corrected chi connectivity index (χ0v) is 6.80. The Morgan fingerprint density at radius 3 is 2.50 bits per heavy atom. The maximum absolute atomic E-state index is 9.39. The molecule has 0 unspecified atom stereocenters. The van der Waals surface area contributed by atoms with Crippen LogP contribution in [0.4, 0.5) is 0 Å². The van der Waals surface area contributed by atoms with Crippen molar-refractivity contribution in [2.24, 2.45) is 11.1 Å². The van der Waals surface area contributed by atoms with Crippen LogP contribution in [-0.4, -0.2) is 17.3 Å². The van der Waals surface area contributed by atoms with Gasteiger partial charge in [0.1, 0.15) is 0 Å². The molecule has 1 aliphatic carbocycles. The summed E-state index contributed by atoms with van der Waals surface area (Å²) in [4.78, 5) is 0. The van der Waals surface area contributed by atoms with Gasteiger partial charge in [-0.15, -0.1) is 0 Å². The van der Waals surface area contributed by atoms with Gasteiger partial charge in [0.2, 0.25) is 0 Å². The van der Waals surface area contributed by atoms with Crippen molar-refractivity contribution >= 4 is 0 Å². The second-order valence-electron chi connectivity index (χ2n) is 3.97. The highest BCUT2D eigenvalue weighted by molar-refractivity contribution is 4.90. The highest BCUT2D eigenvalue weighted by Crippen LogP contribution is 2.34. The van der Waals surface area contributed by atoms with Crippen LogP contribution < -0.4 is 5.73 Å². The molecule has 0 heterocycles. The molecule has 0 radical (unpaired) electrons. The van der Waals surface area contributed by atoms with Gasteiger partial charge in [0.25, 0.3) is 0 Å². The van der Waals surface area contributed by atoms with Gasteiger partial charge in [-0.05, 0) is 18.3 Å². The Balaban J connectivity index is 2.60. The lowest BCUT2D eigenvalue weighted by Gasteiger charge is -2.39. The molecule has 1 saturated carbocycles. The fourth-order valence-corrected chi connectivity index (χ4v) is 1.63. The maximum Gasteiger partial charge on any atom is 0.0696 e. The normalized spacial score (nSPS) is 39.6. The third-order valence-electron chi connectivity index (χ3n) is 2.64. The number of nitrogens with two attached hydrogens (primary N) is 1. The van der Waals surface area contributed by atoms with Crippen molar-refractivity contribution in [3.63, 3.8) is 0 Å². The highest BCUT2D eigenvalue weighted by atomic mass is 16.3. The smallest absolute Gasteiger partial charge is 0.0696 e. The van der Waals surface area contributed by atoms with Crippen LogP contribution >= 0.6 is 0 Å². The monoisotopic (exact) mass is 143 g/mol. The molecule has 2 heteroatoms. The molecule has 60 valence electrons. The minimum atomic E-state index is -0.274. The van der Waals surface area contributed by atoms with Crippen molar-refractivity contribution in [2.45, 2.75) is 45.3 Å². The van der Waals surface area contributed by atoms with Gasteiger partial charge < -0.3 is 10.8 Å². The summed E-state index contributed by atoms with van der Waals surface area (Å²) in [6, 6.07) is -0.0266. The molecule has 1 fully saturated rings. The number of aliphatic hydroxyl groups is 1. The third-order valence-corrected chi connectivity index (χ3v) is 2.64. The molecular weight excluding hydrogens is 126 g/mol. The zero-order valence-electron chi connectivity index (χ0n) is 6.80. The Kier molecular flexibility index (Phi) is 2.02. The van der Waals surface area contributed by atoms with Crippen LogP contribution in [-0.2, 0) is 0 Å². The van der Waals surface area contributed by atoms with Crippen molar-refractivity contribution in [3.8, 4) is 0 Å². The summed E-state index contributed by atoms with van der Waals surface area (Å²) in [7, 11) is 0. The van der Waals surface area contributed by atoms with Crippen molar-refractivity contribution in [2.75, 3.05) is 0 Å². The molecule has 0 aliphatic heterocycles. The van der Waals surface area contributed by atoms with E-state index >= 15 is 0 Å². The Morgan fingerprint density at radius 2 is 2.10 bits per heavy atom. The van der Waals surface area contributed by atoms with E-state index in [2.05, 4.69) is 13.8 Å². The minimum Gasteiger partial charge on any atom is -0.391 e. The van der Waals surface area contributed by atoms with Crippen LogP contribution in [0, 0.1) is 5.41 Å². The quantitative estimate of drug-likeness (QED) is 0.529. The summed E-state index contributed by atoms with van der Waals surface area (Å²) in [6.45, 7) is 4.25. The summed E-state index contributed by atoms with van der Waals surface area (Å²) in [5.74, 6) is 0. The minimum absolute atomic E-state index is 0.0266. The van der Waals surface area contributed by atoms with Crippen molar-refractivity contribution in [3.05, 3.63) is 0 Å². The molecule has 0 bridgehead atoms. The second-order valence-corrected chi connectivity index (χ2v) is 3.97. The van der Waals surface area contributed by atoms with Crippen LogP contribution in [0.2, 0.25) is 0 Å². The van der Waals surface area contributed by atoms with Gasteiger partial charge in [-0.1, -0.05) is 20.3 Å². The third kappa shape index (κ3) is 1.32. The molecule has 2 atom stereocenters. The van der Waals surface area contributed by atoms with Crippen LogP contribution in [0.5, 0.6) is 0 Å². The maximum atomic E-state index is 9.39. The van der Waals surface area contributed by atoms with E-state index in [4.69, 9.17) is 5.73 Å². The van der Waals surface area contributed by atoms with E-state index in [1.54, 1.807) is 0 Å². The lowest BCUT2D eigenvalue weighted by molar-refractivity contribution is 0.0392. The van der Waals surface area contributed by atoms with Gasteiger partial charge in [-0.3, -0.25) is 0 Å². The van der Waals surface area contributed by atoms with Gasteiger partial charge in [-0.25, -0.2) is 0 Å². The Labute approximate surface area is 62.4 Å². The second kappa shape index (κ2) is 2.51. The van der Waals surface area contributed by atoms with E-state index in [1.807, 2.05) is 0 Å². The number of hydrogen-bond donors (Lipinski definition) is 2. The summed E-state index contributed by atoms with van der Waals surface area (Å²) >= 11 is 0. The van der Waals surface area contributed by atoms with E-state index < -0.39 is 0 Å². The lowest BCUT2D eigenvalue weighted by Crippen LogP contribution is -2.49. The predicted molar refractivity (Wildman–Crippen MR) is 41.6 cm³/mol. The fourth-order valence-electron chi connectivity index (χ4n) is 1.63. The Hall–Kier alpha value is -0.0800. The molecule has 0 aromatic heterocycles. The van der Waals surface area contributed by atoms with Crippen LogP contribution in [0.25, 0.3) is 0 Å². The van der Waals surface area contributed by atoms with Gasteiger partial charge in [-0.2, -0.15) is 0 Å². The average Bonchev–Trinajstić information content (AvgIpc) is 1.83. The van der Waals surface area contributed by atoms with Crippen LogP contribution in [0.15, 0.2) is 0 Å². The largest absolute Gasteiger partial charge is 0.391 e. The summed E-state index contributed by atoms with van der Waals surface area (Å²) in [6.07, 6.45) is 2.86. The van der Waals surface area contributed by atoms with Crippen LogP contribution in [0.3, 0.4) is 0 Å². The number of hydrogen-bond acceptors (Lipinski definition) is 2. The standard InChI is InChI=1S/C8H17NO/c1-8(2)5-3-4-6(10)7(8)9/h6-7,10H,3-5,9H2,1-2H3/t6-,7+/m1/s1. The molecule has 0 aromatic carbocycles. The molecule has 0 amide bonds. The molecule has 1 rings (SSSR count). The molecule has 3 N–H and O–H groups in total. The van der Waals surface area contributed by atoms with E-state index in [0.29, 0.717) is 0 Å². The highest BCUT2D eigenvalue weighted by Gasteiger charge is 2.35. The first kappa shape index (κ1) is 8.02. The van der Waals surface area contributed by atoms with Crippen molar-refractivity contribution < 1.29 is 5.11 Å². The van der Waals surface area contributed by atoms with Crippen molar-refractivity contribution in [1.29, 1.82) is 0 Å². The zero-order chi connectivity index (χ0) is 7.78. The molecule has 2 nitrogen and oxygen atoms in total. The van der Waals surface area contributed by atoms with Gasteiger partial charge in [0.15, 0.2) is 0 Å². The SMILES string of the molecule is CC1(C)CCC[C@@H](O)[C@@H]1N. The molecular formula is C8H17NO. The molecule has 1 aliphatic rings. The number of aliphatic hydroxyl groups excluding tert-OH is 1. The van der Waals surface area contributed by atoms with Gasteiger partial charge in [0, 0.05) is 6.04 Å².